The SMILES string of the molecule is CC(C)CC[C@@H](c1cc(F)ccc1O)N1CCNCC1. The number of phenols is 1. The van der Waals surface area contributed by atoms with Crippen LogP contribution in [-0.4, -0.2) is 36.2 Å². The fraction of sp³-hybridized carbons (Fsp3) is 0.625. The number of hydrogen-bond donors (Lipinski definition) is 2. The normalized spacial score (nSPS) is 18.4. The lowest BCUT2D eigenvalue weighted by Gasteiger charge is -2.36. The number of benzene rings is 1. The van der Waals surface area contributed by atoms with Crippen LogP contribution in [0, 0.1) is 11.7 Å². The summed E-state index contributed by atoms with van der Waals surface area (Å²) in [6.45, 7) is 8.18. The molecule has 0 aromatic heterocycles. The number of rotatable bonds is 5. The maximum atomic E-state index is 13.5. The minimum Gasteiger partial charge on any atom is -0.508 e. The van der Waals surface area contributed by atoms with Crippen molar-refractivity contribution >= 4 is 0 Å². The van der Waals surface area contributed by atoms with E-state index in [0.717, 1.165) is 44.6 Å². The Kier molecular flexibility index (Phi) is 5.38. The Bertz CT molecular complexity index is 430. The summed E-state index contributed by atoms with van der Waals surface area (Å²) in [4.78, 5) is 2.35. The van der Waals surface area contributed by atoms with Crippen LogP contribution < -0.4 is 5.32 Å². The van der Waals surface area contributed by atoms with E-state index in [2.05, 4.69) is 24.1 Å². The molecule has 1 saturated heterocycles. The van der Waals surface area contributed by atoms with Gasteiger partial charge in [-0.15, -0.1) is 0 Å². The molecule has 4 heteroatoms. The van der Waals surface area contributed by atoms with Gasteiger partial charge < -0.3 is 10.4 Å². The summed E-state index contributed by atoms with van der Waals surface area (Å²) in [5.41, 5.74) is 0.729. The highest BCUT2D eigenvalue weighted by Crippen LogP contribution is 2.33. The Labute approximate surface area is 120 Å². The number of hydrogen-bond acceptors (Lipinski definition) is 3. The van der Waals surface area contributed by atoms with Crippen LogP contribution in [-0.2, 0) is 0 Å². The smallest absolute Gasteiger partial charge is 0.123 e. The molecule has 1 aliphatic rings. The van der Waals surface area contributed by atoms with Gasteiger partial charge in [-0.3, -0.25) is 4.90 Å². The van der Waals surface area contributed by atoms with Crippen LogP contribution in [0.25, 0.3) is 0 Å². The van der Waals surface area contributed by atoms with Crippen molar-refractivity contribution in [1.82, 2.24) is 10.2 Å². The standard InChI is InChI=1S/C16H25FN2O/c1-12(2)3-5-15(19-9-7-18-8-10-19)14-11-13(17)4-6-16(14)20/h4,6,11-12,15,18,20H,3,5,7-10H2,1-2H3/t15-/m0/s1. The molecule has 1 fully saturated rings. The predicted molar refractivity (Wildman–Crippen MR) is 79.3 cm³/mol. The van der Waals surface area contributed by atoms with Crippen LogP contribution in [0.2, 0.25) is 0 Å². The van der Waals surface area contributed by atoms with Crippen molar-refractivity contribution < 1.29 is 9.50 Å². The summed E-state index contributed by atoms with van der Waals surface area (Å²) in [5, 5.41) is 13.4. The Morgan fingerprint density at radius 1 is 1.25 bits per heavy atom. The highest BCUT2D eigenvalue weighted by molar-refractivity contribution is 5.35. The first kappa shape index (κ1) is 15.3. The quantitative estimate of drug-likeness (QED) is 0.870. The van der Waals surface area contributed by atoms with Gasteiger partial charge in [-0.25, -0.2) is 4.39 Å². The van der Waals surface area contributed by atoms with Gasteiger partial charge in [0.2, 0.25) is 0 Å². The van der Waals surface area contributed by atoms with E-state index in [9.17, 15) is 9.50 Å². The minimum absolute atomic E-state index is 0.107. The van der Waals surface area contributed by atoms with Gasteiger partial charge in [0.15, 0.2) is 0 Å². The zero-order chi connectivity index (χ0) is 14.5. The van der Waals surface area contributed by atoms with Crippen molar-refractivity contribution in [2.45, 2.75) is 32.7 Å². The third-order valence-electron chi connectivity index (χ3n) is 3.96. The Balaban J connectivity index is 2.21. The third kappa shape index (κ3) is 3.93. The van der Waals surface area contributed by atoms with E-state index in [1.54, 1.807) is 0 Å². The monoisotopic (exact) mass is 280 g/mol. The lowest BCUT2D eigenvalue weighted by molar-refractivity contribution is 0.157. The minimum atomic E-state index is -0.275. The maximum Gasteiger partial charge on any atom is 0.123 e. The molecular weight excluding hydrogens is 255 g/mol. The summed E-state index contributed by atoms with van der Waals surface area (Å²) in [7, 11) is 0. The molecule has 112 valence electrons. The molecule has 0 amide bonds. The molecular formula is C16H25FN2O. The Hall–Kier alpha value is -1.13. The van der Waals surface area contributed by atoms with Gasteiger partial charge in [0.25, 0.3) is 0 Å². The van der Waals surface area contributed by atoms with Gasteiger partial charge in [0.1, 0.15) is 11.6 Å². The summed E-state index contributed by atoms with van der Waals surface area (Å²) < 4.78 is 13.5. The molecule has 1 aromatic carbocycles. The molecule has 0 saturated carbocycles. The van der Waals surface area contributed by atoms with E-state index in [4.69, 9.17) is 0 Å². The molecule has 0 spiro atoms. The second-order valence-electron chi connectivity index (χ2n) is 5.98. The molecule has 0 radical (unpaired) electrons. The zero-order valence-electron chi connectivity index (χ0n) is 12.4. The molecule has 3 nitrogen and oxygen atoms in total. The van der Waals surface area contributed by atoms with Crippen molar-refractivity contribution in [2.75, 3.05) is 26.2 Å². The molecule has 1 aromatic rings. The highest BCUT2D eigenvalue weighted by atomic mass is 19.1. The first-order valence-corrected chi connectivity index (χ1v) is 7.51. The predicted octanol–water partition coefficient (Wildman–Crippen LogP) is 2.91. The lowest BCUT2D eigenvalue weighted by atomic mass is 9.95. The van der Waals surface area contributed by atoms with Crippen LogP contribution in [0.1, 0.15) is 38.3 Å². The van der Waals surface area contributed by atoms with Gasteiger partial charge in [-0.2, -0.15) is 0 Å². The number of halogens is 1. The number of nitrogens with zero attached hydrogens (tertiary/aromatic N) is 1. The van der Waals surface area contributed by atoms with Crippen LogP contribution in [0.5, 0.6) is 5.75 Å². The number of aromatic hydroxyl groups is 1. The topological polar surface area (TPSA) is 35.5 Å². The van der Waals surface area contributed by atoms with Crippen molar-refractivity contribution in [3.8, 4) is 5.75 Å². The van der Waals surface area contributed by atoms with E-state index in [-0.39, 0.29) is 17.6 Å². The van der Waals surface area contributed by atoms with Crippen molar-refractivity contribution in [3.05, 3.63) is 29.6 Å². The molecule has 0 bridgehead atoms. The molecule has 2 N–H and O–H groups in total. The largest absolute Gasteiger partial charge is 0.508 e. The van der Waals surface area contributed by atoms with E-state index in [1.807, 2.05) is 0 Å². The molecule has 1 heterocycles. The van der Waals surface area contributed by atoms with Gasteiger partial charge in [0, 0.05) is 37.8 Å². The number of piperazine rings is 1. The average molecular weight is 280 g/mol. The van der Waals surface area contributed by atoms with E-state index in [0.29, 0.717) is 5.92 Å². The van der Waals surface area contributed by atoms with Gasteiger partial charge in [-0.1, -0.05) is 13.8 Å². The summed E-state index contributed by atoms with van der Waals surface area (Å²) in [6, 6.07) is 4.38. The fourth-order valence-electron chi connectivity index (χ4n) is 2.81. The lowest BCUT2D eigenvalue weighted by Crippen LogP contribution is -2.45. The van der Waals surface area contributed by atoms with Crippen LogP contribution in [0.15, 0.2) is 18.2 Å². The van der Waals surface area contributed by atoms with Gasteiger partial charge >= 0.3 is 0 Å². The van der Waals surface area contributed by atoms with Crippen LogP contribution >= 0.6 is 0 Å². The molecule has 1 aliphatic heterocycles. The van der Waals surface area contributed by atoms with Crippen molar-refractivity contribution in [3.63, 3.8) is 0 Å². The summed E-state index contributed by atoms with van der Waals surface area (Å²) in [5.74, 6) is 0.539. The first-order valence-electron chi connectivity index (χ1n) is 7.51. The second kappa shape index (κ2) is 7.04. The van der Waals surface area contributed by atoms with Gasteiger partial charge in [0.05, 0.1) is 0 Å². The maximum absolute atomic E-state index is 13.5. The molecule has 20 heavy (non-hydrogen) atoms. The van der Waals surface area contributed by atoms with Crippen molar-refractivity contribution in [1.29, 1.82) is 0 Å². The summed E-state index contributed by atoms with van der Waals surface area (Å²) in [6.07, 6.45) is 2.03. The Morgan fingerprint density at radius 3 is 2.60 bits per heavy atom. The van der Waals surface area contributed by atoms with Crippen molar-refractivity contribution in [2.24, 2.45) is 5.92 Å². The number of nitrogens with one attached hydrogen (secondary N) is 1. The molecule has 1 atom stereocenters. The third-order valence-corrected chi connectivity index (χ3v) is 3.96. The molecule has 0 aliphatic carbocycles. The van der Waals surface area contributed by atoms with Gasteiger partial charge in [-0.05, 0) is 37.0 Å². The molecule has 0 unspecified atom stereocenters. The zero-order valence-corrected chi connectivity index (χ0v) is 12.4. The Morgan fingerprint density at radius 2 is 1.95 bits per heavy atom. The van der Waals surface area contributed by atoms with E-state index >= 15 is 0 Å². The van der Waals surface area contributed by atoms with E-state index in [1.165, 1.54) is 18.2 Å². The molecule has 2 rings (SSSR count). The first-order chi connectivity index (χ1) is 9.58. The fourth-order valence-corrected chi connectivity index (χ4v) is 2.81. The van der Waals surface area contributed by atoms with E-state index < -0.39 is 0 Å². The average Bonchev–Trinajstić information content (AvgIpc) is 2.43. The second-order valence-corrected chi connectivity index (χ2v) is 5.98. The summed E-state index contributed by atoms with van der Waals surface area (Å²) >= 11 is 0. The van der Waals surface area contributed by atoms with Crippen LogP contribution in [0.3, 0.4) is 0 Å². The number of phenolic OH excluding ortho intramolecular Hbond substituents is 1. The van der Waals surface area contributed by atoms with Crippen LogP contribution in [0.4, 0.5) is 4.39 Å². The highest BCUT2D eigenvalue weighted by Gasteiger charge is 2.24.